The van der Waals surface area contributed by atoms with E-state index in [0.29, 0.717) is 11.1 Å². The number of hydroxylamine groups is 1. The third-order valence-electron chi connectivity index (χ3n) is 2.70. The van der Waals surface area contributed by atoms with Gasteiger partial charge in [0, 0.05) is 17.3 Å². The van der Waals surface area contributed by atoms with Gasteiger partial charge in [-0.3, -0.25) is 10.2 Å². The van der Waals surface area contributed by atoms with Crippen molar-refractivity contribution in [2.45, 2.75) is 6.54 Å². The first kappa shape index (κ1) is 15.1. The SMILES string of the molecule is O=C(NO)NCc1ncc(-c2cccc(F)c2Cl)cc1F. The van der Waals surface area contributed by atoms with Gasteiger partial charge in [0.15, 0.2) is 0 Å². The lowest BCUT2D eigenvalue weighted by Crippen LogP contribution is -2.33. The topological polar surface area (TPSA) is 74.2 Å². The lowest BCUT2D eigenvalue weighted by Gasteiger charge is -2.08. The maximum Gasteiger partial charge on any atom is 0.338 e. The minimum Gasteiger partial charge on any atom is -0.331 e. The third-order valence-corrected chi connectivity index (χ3v) is 3.08. The van der Waals surface area contributed by atoms with Gasteiger partial charge < -0.3 is 5.32 Å². The molecule has 3 N–H and O–H groups in total. The minimum absolute atomic E-state index is 0.0325. The summed E-state index contributed by atoms with van der Waals surface area (Å²) in [6.07, 6.45) is 1.32. The molecule has 1 aromatic heterocycles. The van der Waals surface area contributed by atoms with Crippen molar-refractivity contribution in [1.29, 1.82) is 0 Å². The van der Waals surface area contributed by atoms with E-state index in [2.05, 4.69) is 10.3 Å². The van der Waals surface area contributed by atoms with Crippen molar-refractivity contribution < 1.29 is 18.8 Å². The molecule has 0 saturated carbocycles. The van der Waals surface area contributed by atoms with E-state index in [-0.39, 0.29) is 17.3 Å². The van der Waals surface area contributed by atoms with Crippen LogP contribution in [0.2, 0.25) is 5.02 Å². The molecule has 21 heavy (non-hydrogen) atoms. The summed E-state index contributed by atoms with van der Waals surface area (Å²) in [5.41, 5.74) is 1.94. The highest BCUT2D eigenvalue weighted by atomic mass is 35.5. The van der Waals surface area contributed by atoms with Crippen LogP contribution in [0.4, 0.5) is 13.6 Å². The summed E-state index contributed by atoms with van der Waals surface area (Å²) in [7, 11) is 0. The lowest BCUT2D eigenvalue weighted by molar-refractivity contribution is 0.161. The van der Waals surface area contributed by atoms with Crippen LogP contribution in [0.3, 0.4) is 0 Å². The van der Waals surface area contributed by atoms with Crippen LogP contribution < -0.4 is 10.8 Å². The molecule has 0 bridgehead atoms. The molecule has 0 saturated heterocycles. The van der Waals surface area contributed by atoms with E-state index in [9.17, 15) is 13.6 Å². The van der Waals surface area contributed by atoms with Crippen molar-refractivity contribution in [3.8, 4) is 11.1 Å². The quantitative estimate of drug-likeness (QED) is 0.602. The van der Waals surface area contributed by atoms with Crippen molar-refractivity contribution in [3.05, 3.63) is 52.8 Å². The van der Waals surface area contributed by atoms with Gasteiger partial charge in [0.05, 0.1) is 17.3 Å². The number of benzene rings is 1. The van der Waals surface area contributed by atoms with Gasteiger partial charge in [-0.2, -0.15) is 0 Å². The number of amides is 2. The summed E-state index contributed by atoms with van der Waals surface area (Å²) >= 11 is 5.82. The number of aromatic nitrogens is 1. The van der Waals surface area contributed by atoms with Gasteiger partial charge in [-0.05, 0) is 12.1 Å². The van der Waals surface area contributed by atoms with Crippen molar-refractivity contribution in [3.63, 3.8) is 0 Å². The zero-order valence-electron chi connectivity index (χ0n) is 10.5. The molecular formula is C13H10ClF2N3O2. The van der Waals surface area contributed by atoms with Gasteiger partial charge in [0.1, 0.15) is 11.6 Å². The summed E-state index contributed by atoms with van der Waals surface area (Å²) in [5.74, 6) is -1.30. The van der Waals surface area contributed by atoms with E-state index in [1.807, 2.05) is 0 Å². The average Bonchev–Trinajstić information content (AvgIpc) is 2.48. The highest BCUT2D eigenvalue weighted by molar-refractivity contribution is 6.33. The normalized spacial score (nSPS) is 10.3. The Morgan fingerprint density at radius 1 is 1.33 bits per heavy atom. The molecular weight excluding hydrogens is 304 g/mol. The molecule has 0 radical (unpaired) electrons. The molecule has 2 rings (SSSR count). The number of pyridine rings is 1. The Labute approximate surface area is 123 Å². The number of halogens is 3. The van der Waals surface area contributed by atoms with Gasteiger partial charge in [-0.15, -0.1) is 0 Å². The summed E-state index contributed by atoms with van der Waals surface area (Å²) in [5, 5.41) is 10.4. The van der Waals surface area contributed by atoms with Crippen LogP contribution in [-0.4, -0.2) is 16.2 Å². The first-order chi connectivity index (χ1) is 10.0. The van der Waals surface area contributed by atoms with Crippen molar-refractivity contribution >= 4 is 17.6 Å². The minimum atomic E-state index is -0.881. The van der Waals surface area contributed by atoms with Gasteiger partial charge >= 0.3 is 6.03 Å². The van der Waals surface area contributed by atoms with E-state index in [1.165, 1.54) is 23.8 Å². The summed E-state index contributed by atoms with van der Waals surface area (Å²) in [4.78, 5) is 14.6. The summed E-state index contributed by atoms with van der Waals surface area (Å²) < 4.78 is 27.3. The fourth-order valence-corrected chi connectivity index (χ4v) is 1.91. The zero-order valence-corrected chi connectivity index (χ0v) is 11.3. The maximum absolute atomic E-state index is 13.9. The fraction of sp³-hybridized carbons (Fsp3) is 0.0769. The van der Waals surface area contributed by atoms with Crippen LogP contribution in [-0.2, 0) is 6.54 Å². The number of nitrogens with one attached hydrogen (secondary N) is 2. The molecule has 2 amide bonds. The van der Waals surface area contributed by atoms with Gasteiger partial charge in [-0.1, -0.05) is 23.7 Å². The number of rotatable bonds is 3. The number of urea groups is 1. The maximum atomic E-state index is 13.9. The van der Waals surface area contributed by atoms with Crippen LogP contribution in [0.5, 0.6) is 0 Å². The van der Waals surface area contributed by atoms with Crippen LogP contribution in [0.15, 0.2) is 30.5 Å². The number of nitrogens with zero attached hydrogens (tertiary/aromatic N) is 1. The average molecular weight is 314 g/mol. The van der Waals surface area contributed by atoms with Gasteiger partial charge in [0.2, 0.25) is 0 Å². The predicted molar refractivity (Wildman–Crippen MR) is 71.8 cm³/mol. The van der Waals surface area contributed by atoms with Crippen molar-refractivity contribution in [2.24, 2.45) is 0 Å². The molecule has 0 unspecified atom stereocenters. The molecule has 0 aliphatic carbocycles. The highest BCUT2D eigenvalue weighted by Gasteiger charge is 2.12. The zero-order chi connectivity index (χ0) is 15.4. The standard InChI is InChI=1S/C13H10ClF2N3O2/c14-12-8(2-1-3-9(12)15)7-4-10(16)11(17-5-7)6-18-13(20)19-21/h1-5,21H,6H2,(H2,18,19,20). The lowest BCUT2D eigenvalue weighted by atomic mass is 10.1. The van der Waals surface area contributed by atoms with Crippen LogP contribution in [0, 0.1) is 11.6 Å². The predicted octanol–water partition coefficient (Wildman–Crippen LogP) is 2.87. The van der Waals surface area contributed by atoms with Crippen molar-refractivity contribution in [2.75, 3.05) is 0 Å². The molecule has 0 atom stereocenters. The van der Waals surface area contributed by atoms with E-state index < -0.39 is 17.7 Å². The Morgan fingerprint density at radius 2 is 2.10 bits per heavy atom. The van der Waals surface area contributed by atoms with Gasteiger partial charge in [0.25, 0.3) is 0 Å². The molecule has 0 spiro atoms. The Bertz CT molecular complexity index is 682. The first-order valence-corrected chi connectivity index (χ1v) is 6.17. The number of carbonyl (C=O) groups is 1. The number of carbonyl (C=O) groups excluding carboxylic acids is 1. The molecule has 0 fully saturated rings. The smallest absolute Gasteiger partial charge is 0.331 e. The summed E-state index contributed by atoms with van der Waals surface area (Å²) in [6.45, 7) is -0.213. The second kappa shape index (κ2) is 6.47. The molecule has 110 valence electrons. The molecule has 8 heteroatoms. The monoisotopic (exact) mass is 313 g/mol. The molecule has 0 aliphatic heterocycles. The molecule has 0 aliphatic rings. The Kier molecular flexibility index (Phi) is 4.66. The van der Waals surface area contributed by atoms with E-state index in [0.717, 1.165) is 6.07 Å². The first-order valence-electron chi connectivity index (χ1n) is 5.79. The van der Waals surface area contributed by atoms with Crippen molar-refractivity contribution in [1.82, 2.24) is 15.8 Å². The van der Waals surface area contributed by atoms with E-state index >= 15 is 0 Å². The van der Waals surface area contributed by atoms with E-state index in [4.69, 9.17) is 16.8 Å². The molecule has 1 aromatic carbocycles. The van der Waals surface area contributed by atoms with E-state index in [1.54, 1.807) is 6.07 Å². The third kappa shape index (κ3) is 3.45. The van der Waals surface area contributed by atoms with Crippen LogP contribution in [0.1, 0.15) is 5.69 Å². The largest absolute Gasteiger partial charge is 0.338 e. The molecule has 1 heterocycles. The Balaban J connectivity index is 2.26. The van der Waals surface area contributed by atoms with Crippen LogP contribution in [0.25, 0.3) is 11.1 Å². The molecule has 5 nitrogen and oxygen atoms in total. The summed E-state index contributed by atoms with van der Waals surface area (Å²) in [6, 6.07) is 4.45. The fourth-order valence-electron chi connectivity index (χ4n) is 1.67. The Morgan fingerprint density at radius 3 is 2.76 bits per heavy atom. The van der Waals surface area contributed by atoms with Crippen LogP contribution >= 0.6 is 11.6 Å². The Hall–Kier alpha value is -2.25. The number of hydrogen-bond donors (Lipinski definition) is 3. The second-order valence-corrected chi connectivity index (χ2v) is 4.43. The number of hydrogen-bond acceptors (Lipinski definition) is 3. The second-order valence-electron chi connectivity index (χ2n) is 4.05. The highest BCUT2D eigenvalue weighted by Crippen LogP contribution is 2.30. The van der Waals surface area contributed by atoms with Gasteiger partial charge in [-0.25, -0.2) is 19.1 Å². The molecule has 2 aromatic rings.